The molecule has 1 aromatic heterocycles. The molecular weight excluding hydrogens is 370 g/mol. The van der Waals surface area contributed by atoms with E-state index in [0.717, 1.165) is 5.56 Å². The molecule has 1 amide bonds. The molecule has 0 saturated heterocycles. The highest BCUT2D eigenvalue weighted by molar-refractivity contribution is 8.00. The lowest BCUT2D eigenvalue weighted by Gasteiger charge is -2.14. The number of amides is 1. The molecule has 0 fully saturated rings. The molecule has 134 valence electrons. The summed E-state index contributed by atoms with van der Waals surface area (Å²) in [6.07, 6.45) is 0. The van der Waals surface area contributed by atoms with Crippen molar-refractivity contribution in [2.45, 2.75) is 23.9 Å². The zero-order valence-electron chi connectivity index (χ0n) is 14.4. The summed E-state index contributed by atoms with van der Waals surface area (Å²) in [7, 11) is 1.67. The summed E-state index contributed by atoms with van der Waals surface area (Å²) < 4.78 is 1.48. The van der Waals surface area contributed by atoms with Gasteiger partial charge in [-0.3, -0.25) is 14.2 Å². The minimum atomic E-state index is -0.406. The topological polar surface area (TPSA) is 64.0 Å². The molecular formula is C19H18ClN3O2S. The van der Waals surface area contributed by atoms with Crippen molar-refractivity contribution < 1.29 is 4.79 Å². The number of benzene rings is 2. The van der Waals surface area contributed by atoms with Gasteiger partial charge in [-0.05, 0) is 30.7 Å². The fourth-order valence-electron chi connectivity index (χ4n) is 2.48. The van der Waals surface area contributed by atoms with Crippen LogP contribution in [0.5, 0.6) is 0 Å². The van der Waals surface area contributed by atoms with Gasteiger partial charge in [0.15, 0.2) is 5.16 Å². The number of para-hydroxylation sites is 1. The second kappa shape index (κ2) is 7.93. The third-order valence-corrected chi connectivity index (χ3v) is 5.52. The standard InChI is InChI=1S/C19H18ClN3O2S/c1-12(17(24)21-11-13-7-3-5-9-15(13)20)26-19-22-16-10-6-4-8-14(16)18(25)23(19)2/h3-10,12H,11H2,1-2H3,(H,21,24). The maximum absolute atomic E-state index is 12.4. The third kappa shape index (κ3) is 3.92. The summed E-state index contributed by atoms with van der Waals surface area (Å²) in [6.45, 7) is 2.14. The van der Waals surface area contributed by atoms with Crippen molar-refractivity contribution in [2.24, 2.45) is 7.05 Å². The van der Waals surface area contributed by atoms with Crippen LogP contribution in [0.25, 0.3) is 10.9 Å². The average Bonchev–Trinajstić information content (AvgIpc) is 2.65. The van der Waals surface area contributed by atoms with Crippen molar-refractivity contribution in [2.75, 3.05) is 0 Å². The second-order valence-electron chi connectivity index (χ2n) is 5.84. The minimum Gasteiger partial charge on any atom is -0.351 e. The Morgan fingerprint density at radius 3 is 2.69 bits per heavy atom. The van der Waals surface area contributed by atoms with Crippen LogP contribution in [-0.2, 0) is 18.4 Å². The lowest BCUT2D eigenvalue weighted by Crippen LogP contribution is -2.31. The quantitative estimate of drug-likeness (QED) is 0.538. The Morgan fingerprint density at radius 1 is 1.23 bits per heavy atom. The number of fused-ring (bicyclic) bond motifs is 1. The first-order chi connectivity index (χ1) is 12.5. The van der Waals surface area contributed by atoms with E-state index >= 15 is 0 Å². The predicted octanol–water partition coefficient (Wildman–Crippen LogP) is 3.38. The summed E-state index contributed by atoms with van der Waals surface area (Å²) in [4.78, 5) is 29.4. The fourth-order valence-corrected chi connectivity index (χ4v) is 3.58. The molecule has 0 saturated carbocycles. The van der Waals surface area contributed by atoms with Crippen molar-refractivity contribution in [1.82, 2.24) is 14.9 Å². The Hall–Kier alpha value is -2.31. The van der Waals surface area contributed by atoms with Crippen LogP contribution in [0.2, 0.25) is 5.02 Å². The Labute approximate surface area is 160 Å². The molecule has 5 nitrogen and oxygen atoms in total. The van der Waals surface area contributed by atoms with Gasteiger partial charge in [-0.15, -0.1) is 0 Å². The summed E-state index contributed by atoms with van der Waals surface area (Å²) in [5.41, 5.74) is 1.36. The van der Waals surface area contributed by atoms with Gasteiger partial charge in [-0.25, -0.2) is 4.98 Å². The van der Waals surface area contributed by atoms with E-state index in [1.165, 1.54) is 16.3 Å². The van der Waals surface area contributed by atoms with Gasteiger partial charge in [0.2, 0.25) is 5.91 Å². The normalized spacial score (nSPS) is 12.1. The van der Waals surface area contributed by atoms with Crippen molar-refractivity contribution in [3.8, 4) is 0 Å². The van der Waals surface area contributed by atoms with Crippen LogP contribution in [0.15, 0.2) is 58.5 Å². The van der Waals surface area contributed by atoms with Crippen LogP contribution in [0, 0.1) is 0 Å². The van der Waals surface area contributed by atoms with E-state index in [4.69, 9.17) is 11.6 Å². The summed E-state index contributed by atoms with van der Waals surface area (Å²) in [5, 5.41) is 4.16. The highest BCUT2D eigenvalue weighted by Crippen LogP contribution is 2.22. The Morgan fingerprint density at radius 2 is 1.92 bits per heavy atom. The van der Waals surface area contributed by atoms with E-state index in [9.17, 15) is 9.59 Å². The average molecular weight is 388 g/mol. The monoisotopic (exact) mass is 387 g/mol. The largest absolute Gasteiger partial charge is 0.351 e. The lowest BCUT2D eigenvalue weighted by molar-refractivity contribution is -0.120. The number of hydrogen-bond donors (Lipinski definition) is 1. The van der Waals surface area contributed by atoms with E-state index in [2.05, 4.69) is 10.3 Å². The predicted molar refractivity (Wildman–Crippen MR) is 106 cm³/mol. The smallest absolute Gasteiger partial charge is 0.261 e. The number of nitrogens with zero attached hydrogens (tertiary/aromatic N) is 2. The molecule has 7 heteroatoms. The van der Waals surface area contributed by atoms with Crippen LogP contribution < -0.4 is 10.9 Å². The molecule has 0 aliphatic heterocycles. The van der Waals surface area contributed by atoms with Gasteiger partial charge in [-0.1, -0.05) is 53.7 Å². The molecule has 0 spiro atoms. The molecule has 26 heavy (non-hydrogen) atoms. The molecule has 3 aromatic rings. The summed E-state index contributed by atoms with van der Waals surface area (Å²) in [6, 6.07) is 14.6. The second-order valence-corrected chi connectivity index (χ2v) is 7.56. The molecule has 0 aliphatic rings. The lowest BCUT2D eigenvalue weighted by atomic mass is 10.2. The fraction of sp³-hybridized carbons (Fsp3) is 0.211. The summed E-state index contributed by atoms with van der Waals surface area (Å²) in [5.74, 6) is -0.141. The molecule has 1 unspecified atom stereocenters. The number of aromatic nitrogens is 2. The van der Waals surface area contributed by atoms with Crippen molar-refractivity contribution in [1.29, 1.82) is 0 Å². The highest BCUT2D eigenvalue weighted by atomic mass is 35.5. The number of carbonyl (C=O) groups is 1. The molecule has 0 radical (unpaired) electrons. The van der Waals surface area contributed by atoms with Gasteiger partial charge < -0.3 is 5.32 Å². The Bertz CT molecular complexity index is 1020. The highest BCUT2D eigenvalue weighted by Gasteiger charge is 2.18. The van der Waals surface area contributed by atoms with Crippen LogP contribution >= 0.6 is 23.4 Å². The zero-order chi connectivity index (χ0) is 18.7. The minimum absolute atomic E-state index is 0.123. The van der Waals surface area contributed by atoms with Crippen molar-refractivity contribution in [3.63, 3.8) is 0 Å². The van der Waals surface area contributed by atoms with Crippen LogP contribution in [0.4, 0.5) is 0 Å². The molecule has 3 rings (SSSR count). The first-order valence-corrected chi connectivity index (χ1v) is 9.36. The maximum Gasteiger partial charge on any atom is 0.261 e. The van der Waals surface area contributed by atoms with Gasteiger partial charge in [0, 0.05) is 18.6 Å². The number of rotatable bonds is 5. The molecule has 2 aromatic carbocycles. The van der Waals surface area contributed by atoms with Crippen molar-refractivity contribution >= 4 is 40.2 Å². The number of carbonyl (C=O) groups excluding carboxylic acids is 1. The van der Waals surface area contributed by atoms with E-state index in [-0.39, 0.29) is 11.5 Å². The van der Waals surface area contributed by atoms with Gasteiger partial charge >= 0.3 is 0 Å². The molecule has 1 atom stereocenters. The van der Waals surface area contributed by atoms with Gasteiger partial charge in [-0.2, -0.15) is 0 Å². The van der Waals surface area contributed by atoms with Crippen LogP contribution in [0.3, 0.4) is 0 Å². The van der Waals surface area contributed by atoms with Crippen LogP contribution in [-0.4, -0.2) is 20.7 Å². The molecule has 0 aliphatic carbocycles. The number of halogens is 1. The molecule has 1 N–H and O–H groups in total. The van der Waals surface area contributed by atoms with Crippen molar-refractivity contribution in [3.05, 3.63) is 69.5 Å². The third-order valence-electron chi connectivity index (χ3n) is 4.00. The summed E-state index contributed by atoms with van der Waals surface area (Å²) >= 11 is 7.36. The first-order valence-electron chi connectivity index (χ1n) is 8.11. The molecule has 0 bridgehead atoms. The molecule has 1 heterocycles. The zero-order valence-corrected chi connectivity index (χ0v) is 16.0. The number of hydrogen-bond acceptors (Lipinski definition) is 4. The Balaban J connectivity index is 1.73. The van der Waals surface area contributed by atoms with E-state index in [1.807, 2.05) is 30.3 Å². The van der Waals surface area contributed by atoms with E-state index in [1.54, 1.807) is 32.2 Å². The maximum atomic E-state index is 12.4. The van der Waals surface area contributed by atoms with Crippen LogP contribution in [0.1, 0.15) is 12.5 Å². The Kier molecular flexibility index (Phi) is 5.64. The SMILES string of the molecule is CC(Sc1nc2ccccc2c(=O)n1C)C(=O)NCc1ccccc1Cl. The van der Waals surface area contributed by atoms with Gasteiger partial charge in [0.1, 0.15) is 0 Å². The number of nitrogens with one attached hydrogen (secondary N) is 1. The first kappa shape index (κ1) is 18.5. The number of thioether (sulfide) groups is 1. The van der Waals surface area contributed by atoms with Gasteiger partial charge in [0.25, 0.3) is 5.56 Å². The van der Waals surface area contributed by atoms with E-state index in [0.29, 0.717) is 27.6 Å². The van der Waals surface area contributed by atoms with Gasteiger partial charge in [0.05, 0.1) is 16.2 Å². The van der Waals surface area contributed by atoms with E-state index < -0.39 is 5.25 Å².